The van der Waals surface area contributed by atoms with Gasteiger partial charge in [-0.1, -0.05) is 28.9 Å². The number of guanidine groups is 1. The average Bonchev–Trinajstić information content (AvgIpc) is 3.28. The van der Waals surface area contributed by atoms with Gasteiger partial charge >= 0.3 is 0 Å². The first-order valence-corrected chi connectivity index (χ1v) is 9.12. The van der Waals surface area contributed by atoms with Crippen LogP contribution in [0.3, 0.4) is 0 Å². The summed E-state index contributed by atoms with van der Waals surface area (Å²) >= 11 is 6.02. The molecule has 7 nitrogen and oxygen atoms in total. The summed E-state index contributed by atoms with van der Waals surface area (Å²) < 4.78 is 7.42. The molecule has 28 heavy (non-hydrogen) atoms. The van der Waals surface area contributed by atoms with Gasteiger partial charge in [-0.2, -0.15) is 4.98 Å². The van der Waals surface area contributed by atoms with E-state index in [-0.39, 0.29) is 24.0 Å². The van der Waals surface area contributed by atoms with Gasteiger partial charge in [0.2, 0.25) is 11.7 Å². The van der Waals surface area contributed by atoms with Crippen LogP contribution in [0.4, 0.5) is 0 Å². The maximum Gasteiger partial charge on any atom is 0.248 e. The molecule has 0 radical (unpaired) electrons. The Kier molecular flexibility index (Phi) is 8.31. The van der Waals surface area contributed by atoms with Crippen LogP contribution in [0.2, 0.25) is 5.02 Å². The first kappa shape index (κ1) is 22.2. The maximum atomic E-state index is 6.02. The number of nitrogens with zero attached hydrogens (tertiary/aromatic N) is 5. The molecule has 0 aliphatic rings. The number of nitrogens with one attached hydrogen (secondary N) is 1. The molecule has 0 saturated heterocycles. The number of aliphatic imine (C=N–C) groups is 1. The van der Waals surface area contributed by atoms with Crippen molar-refractivity contribution in [3.63, 3.8) is 0 Å². The molecule has 1 aromatic carbocycles. The maximum absolute atomic E-state index is 6.02. The SMILES string of the molecule is CCNC(=NCc1nc(-c2cccc(Cl)c2)no1)N(C)Cc1cccn1C.I. The van der Waals surface area contributed by atoms with Gasteiger partial charge < -0.3 is 19.3 Å². The molecular formula is C19H24ClIN6O. The molecule has 0 unspecified atom stereocenters. The molecular weight excluding hydrogens is 491 g/mol. The second kappa shape index (κ2) is 10.5. The minimum absolute atomic E-state index is 0. The zero-order valence-corrected chi connectivity index (χ0v) is 19.2. The van der Waals surface area contributed by atoms with E-state index in [2.05, 4.69) is 36.0 Å². The first-order chi connectivity index (χ1) is 13.1. The van der Waals surface area contributed by atoms with Crippen LogP contribution < -0.4 is 5.32 Å². The molecule has 0 fully saturated rings. The van der Waals surface area contributed by atoms with Gasteiger partial charge in [0.15, 0.2) is 5.96 Å². The fourth-order valence-corrected chi connectivity index (χ4v) is 2.85. The van der Waals surface area contributed by atoms with E-state index in [1.54, 1.807) is 6.07 Å². The predicted molar refractivity (Wildman–Crippen MR) is 122 cm³/mol. The highest BCUT2D eigenvalue weighted by Crippen LogP contribution is 2.20. The van der Waals surface area contributed by atoms with Crippen molar-refractivity contribution in [2.45, 2.75) is 20.0 Å². The number of hydrogen-bond acceptors (Lipinski definition) is 4. The van der Waals surface area contributed by atoms with Crippen LogP contribution in [0.1, 0.15) is 18.5 Å². The highest BCUT2D eigenvalue weighted by atomic mass is 127. The topological polar surface area (TPSA) is 71.5 Å². The van der Waals surface area contributed by atoms with Crippen molar-refractivity contribution in [3.05, 3.63) is 59.2 Å². The lowest BCUT2D eigenvalue weighted by molar-refractivity contribution is 0.379. The number of aromatic nitrogens is 3. The van der Waals surface area contributed by atoms with Crippen molar-refractivity contribution >= 4 is 41.5 Å². The van der Waals surface area contributed by atoms with E-state index in [9.17, 15) is 0 Å². The van der Waals surface area contributed by atoms with Crippen molar-refractivity contribution in [3.8, 4) is 11.4 Å². The van der Waals surface area contributed by atoms with Gasteiger partial charge in [-0.25, -0.2) is 4.99 Å². The van der Waals surface area contributed by atoms with Crippen molar-refractivity contribution < 1.29 is 4.52 Å². The zero-order valence-electron chi connectivity index (χ0n) is 16.1. The van der Waals surface area contributed by atoms with Crippen molar-refractivity contribution in [2.24, 2.45) is 12.0 Å². The summed E-state index contributed by atoms with van der Waals surface area (Å²) in [6.45, 7) is 3.85. The molecule has 2 aromatic heterocycles. The molecule has 0 aliphatic carbocycles. The Bertz CT molecular complexity index is 923. The molecule has 0 aliphatic heterocycles. The fourth-order valence-electron chi connectivity index (χ4n) is 2.65. The van der Waals surface area contributed by atoms with E-state index in [0.29, 0.717) is 23.3 Å². The van der Waals surface area contributed by atoms with Crippen LogP contribution in [-0.2, 0) is 20.1 Å². The quantitative estimate of drug-likeness (QED) is 0.306. The summed E-state index contributed by atoms with van der Waals surface area (Å²) in [7, 11) is 4.03. The summed E-state index contributed by atoms with van der Waals surface area (Å²) in [5.74, 6) is 1.73. The number of aryl methyl sites for hydroxylation is 1. The van der Waals surface area contributed by atoms with E-state index < -0.39 is 0 Å². The molecule has 0 amide bonds. The number of halogens is 2. The van der Waals surface area contributed by atoms with Gasteiger partial charge in [-0.05, 0) is 31.2 Å². The minimum atomic E-state index is 0. The largest absolute Gasteiger partial charge is 0.357 e. The summed E-state index contributed by atoms with van der Waals surface area (Å²) in [6, 6.07) is 11.5. The van der Waals surface area contributed by atoms with E-state index >= 15 is 0 Å². The third-order valence-corrected chi connectivity index (χ3v) is 4.30. The van der Waals surface area contributed by atoms with Crippen LogP contribution in [0, 0.1) is 0 Å². The van der Waals surface area contributed by atoms with Gasteiger partial charge in [0, 0.05) is 43.1 Å². The Hall–Kier alpha value is -2.07. The van der Waals surface area contributed by atoms with Crippen LogP contribution in [0.15, 0.2) is 52.1 Å². The van der Waals surface area contributed by atoms with Gasteiger partial charge in [-0.3, -0.25) is 0 Å². The molecule has 0 saturated carbocycles. The summed E-state index contributed by atoms with van der Waals surface area (Å²) in [4.78, 5) is 11.1. The lowest BCUT2D eigenvalue weighted by Crippen LogP contribution is -2.38. The Morgan fingerprint density at radius 3 is 2.82 bits per heavy atom. The summed E-state index contributed by atoms with van der Waals surface area (Å²) in [6.07, 6.45) is 2.03. The highest BCUT2D eigenvalue weighted by molar-refractivity contribution is 14.0. The number of rotatable bonds is 6. The normalized spacial score (nSPS) is 11.2. The molecule has 3 aromatic rings. The molecule has 1 N–H and O–H groups in total. The van der Waals surface area contributed by atoms with Gasteiger partial charge in [0.05, 0.1) is 6.54 Å². The molecule has 0 atom stereocenters. The van der Waals surface area contributed by atoms with Crippen LogP contribution in [-0.4, -0.2) is 39.2 Å². The van der Waals surface area contributed by atoms with Crippen molar-refractivity contribution in [1.82, 2.24) is 24.9 Å². The Morgan fingerprint density at radius 2 is 2.14 bits per heavy atom. The van der Waals surface area contributed by atoms with Crippen molar-refractivity contribution in [1.29, 1.82) is 0 Å². The summed E-state index contributed by atoms with van der Waals surface area (Å²) in [5, 5.41) is 7.94. The van der Waals surface area contributed by atoms with E-state index in [1.165, 1.54) is 5.69 Å². The Labute approximate surface area is 186 Å². The number of benzene rings is 1. The standard InChI is InChI=1S/C19H23ClN6O.HI/c1-4-21-19(26(3)13-16-9-6-10-25(16)2)22-12-17-23-18(24-27-17)14-7-5-8-15(20)11-14;/h5-11H,4,12-13H2,1-3H3,(H,21,22);1H. The first-order valence-electron chi connectivity index (χ1n) is 8.75. The molecule has 0 bridgehead atoms. The monoisotopic (exact) mass is 514 g/mol. The smallest absolute Gasteiger partial charge is 0.248 e. The molecule has 9 heteroatoms. The Morgan fingerprint density at radius 1 is 1.32 bits per heavy atom. The van der Waals surface area contributed by atoms with Crippen LogP contribution in [0.25, 0.3) is 11.4 Å². The average molecular weight is 515 g/mol. The van der Waals surface area contributed by atoms with Gasteiger partial charge in [0.1, 0.15) is 6.54 Å². The zero-order chi connectivity index (χ0) is 19.2. The second-order valence-corrected chi connectivity index (χ2v) is 6.60. The molecule has 2 heterocycles. The third-order valence-electron chi connectivity index (χ3n) is 4.06. The Balaban J connectivity index is 0.00000280. The third kappa shape index (κ3) is 5.71. The molecule has 150 valence electrons. The number of hydrogen-bond donors (Lipinski definition) is 1. The second-order valence-electron chi connectivity index (χ2n) is 6.16. The van der Waals surface area contributed by atoms with Crippen LogP contribution >= 0.6 is 35.6 Å². The van der Waals surface area contributed by atoms with Crippen molar-refractivity contribution in [2.75, 3.05) is 13.6 Å². The van der Waals surface area contributed by atoms with E-state index in [4.69, 9.17) is 16.1 Å². The lowest BCUT2D eigenvalue weighted by atomic mass is 10.2. The lowest BCUT2D eigenvalue weighted by Gasteiger charge is -2.22. The van der Waals surface area contributed by atoms with Gasteiger partial charge in [0.25, 0.3) is 0 Å². The minimum Gasteiger partial charge on any atom is -0.357 e. The molecule has 0 spiro atoms. The molecule has 3 rings (SSSR count). The van der Waals surface area contributed by atoms with E-state index in [1.807, 2.05) is 51.5 Å². The predicted octanol–water partition coefficient (Wildman–Crippen LogP) is 3.94. The van der Waals surface area contributed by atoms with E-state index in [0.717, 1.165) is 24.6 Å². The summed E-state index contributed by atoms with van der Waals surface area (Å²) in [5.41, 5.74) is 2.01. The fraction of sp³-hybridized carbons (Fsp3) is 0.316. The highest BCUT2D eigenvalue weighted by Gasteiger charge is 2.11. The van der Waals surface area contributed by atoms with Gasteiger partial charge in [-0.15, -0.1) is 24.0 Å². The van der Waals surface area contributed by atoms with Crippen LogP contribution in [0.5, 0.6) is 0 Å².